The third-order valence-electron chi connectivity index (χ3n) is 2.81. The van der Waals surface area contributed by atoms with E-state index in [9.17, 15) is 0 Å². The Bertz CT molecular complexity index is 364. The van der Waals surface area contributed by atoms with E-state index in [1.807, 2.05) is 26.1 Å². The second kappa shape index (κ2) is 7.37. The van der Waals surface area contributed by atoms with E-state index in [1.54, 1.807) is 0 Å². The molecule has 1 aromatic rings. The Balaban J connectivity index is 2.60. The third-order valence-corrected chi connectivity index (χ3v) is 2.81. The van der Waals surface area contributed by atoms with Gasteiger partial charge in [-0.25, -0.2) is 0 Å². The van der Waals surface area contributed by atoms with Crippen molar-refractivity contribution in [2.75, 3.05) is 13.7 Å². The Kier molecular flexibility index (Phi) is 6.13. The number of aromatic nitrogens is 1. The highest BCUT2D eigenvalue weighted by Gasteiger charge is 2.09. The number of rotatable bonds is 7. The van der Waals surface area contributed by atoms with Crippen molar-refractivity contribution in [1.29, 1.82) is 0 Å². The lowest BCUT2D eigenvalue weighted by Gasteiger charge is -2.16. The molecule has 0 aliphatic heterocycles. The van der Waals surface area contributed by atoms with Crippen molar-refractivity contribution in [2.45, 2.75) is 40.7 Å². The second-order valence-electron chi connectivity index (χ2n) is 5.47. The smallest absolute Gasteiger partial charge is 0.142 e. The number of hydrogen-bond acceptors (Lipinski definition) is 3. The summed E-state index contributed by atoms with van der Waals surface area (Å²) < 4.78 is 5.90. The zero-order valence-electron chi connectivity index (χ0n) is 12.3. The van der Waals surface area contributed by atoms with Crippen LogP contribution in [-0.4, -0.2) is 18.6 Å². The first kappa shape index (κ1) is 15.0. The molecule has 1 heterocycles. The van der Waals surface area contributed by atoms with Gasteiger partial charge in [0.1, 0.15) is 5.75 Å². The van der Waals surface area contributed by atoms with Crippen molar-refractivity contribution in [3.05, 3.63) is 23.5 Å². The van der Waals surface area contributed by atoms with Crippen LogP contribution in [-0.2, 0) is 6.54 Å². The molecule has 102 valence electrons. The first-order valence-electron chi connectivity index (χ1n) is 6.76. The van der Waals surface area contributed by atoms with Crippen LogP contribution in [0.5, 0.6) is 5.75 Å². The van der Waals surface area contributed by atoms with Crippen LogP contribution in [0.15, 0.2) is 12.1 Å². The van der Waals surface area contributed by atoms with Gasteiger partial charge in [-0.15, -0.1) is 0 Å². The third kappa shape index (κ3) is 5.05. The van der Waals surface area contributed by atoms with Gasteiger partial charge in [0.2, 0.25) is 0 Å². The largest absolute Gasteiger partial charge is 0.491 e. The Labute approximate surface area is 111 Å². The molecule has 0 spiro atoms. The van der Waals surface area contributed by atoms with Gasteiger partial charge in [0, 0.05) is 12.2 Å². The van der Waals surface area contributed by atoms with Crippen LogP contribution < -0.4 is 10.1 Å². The van der Waals surface area contributed by atoms with Gasteiger partial charge in [-0.2, -0.15) is 0 Å². The second-order valence-corrected chi connectivity index (χ2v) is 5.47. The lowest BCUT2D eigenvalue weighted by atomic mass is 10.00. The average molecular weight is 250 g/mol. The summed E-state index contributed by atoms with van der Waals surface area (Å²) in [5.74, 6) is 2.20. The monoisotopic (exact) mass is 250 g/mol. The van der Waals surface area contributed by atoms with Crippen LogP contribution in [0, 0.1) is 18.8 Å². The molecule has 1 rings (SSSR count). The summed E-state index contributed by atoms with van der Waals surface area (Å²) in [5.41, 5.74) is 2.03. The van der Waals surface area contributed by atoms with E-state index in [4.69, 9.17) is 4.74 Å². The summed E-state index contributed by atoms with van der Waals surface area (Å²) in [7, 11) is 1.93. The van der Waals surface area contributed by atoms with E-state index in [0.29, 0.717) is 5.92 Å². The first-order valence-corrected chi connectivity index (χ1v) is 6.76. The molecule has 1 atom stereocenters. The predicted octanol–water partition coefficient (Wildman–Crippen LogP) is 3.17. The van der Waals surface area contributed by atoms with Crippen LogP contribution in [0.1, 0.15) is 38.6 Å². The Morgan fingerprint density at radius 1 is 1.28 bits per heavy atom. The topological polar surface area (TPSA) is 34.2 Å². The Morgan fingerprint density at radius 2 is 2.00 bits per heavy atom. The molecule has 0 aliphatic carbocycles. The van der Waals surface area contributed by atoms with Crippen molar-refractivity contribution in [1.82, 2.24) is 10.3 Å². The molecular formula is C15H26N2O. The van der Waals surface area contributed by atoms with Crippen molar-refractivity contribution in [3.8, 4) is 5.75 Å². The molecule has 0 radical (unpaired) electrons. The molecule has 18 heavy (non-hydrogen) atoms. The van der Waals surface area contributed by atoms with E-state index < -0.39 is 0 Å². The number of aryl methyl sites for hydroxylation is 1. The highest BCUT2D eigenvalue weighted by Crippen LogP contribution is 2.19. The van der Waals surface area contributed by atoms with E-state index in [1.165, 1.54) is 6.42 Å². The summed E-state index contributed by atoms with van der Waals surface area (Å²) in [5, 5.41) is 3.13. The van der Waals surface area contributed by atoms with Gasteiger partial charge in [0.15, 0.2) is 0 Å². The van der Waals surface area contributed by atoms with Crippen molar-refractivity contribution in [2.24, 2.45) is 11.8 Å². The standard InChI is InChI=1S/C15H26N2O/c1-11(2)8-12(3)10-18-15-7-6-13(4)17-14(15)9-16-5/h6-7,11-12,16H,8-10H2,1-5H3. The molecule has 1 N–H and O–H groups in total. The zero-order valence-corrected chi connectivity index (χ0v) is 12.3. The molecule has 0 amide bonds. The van der Waals surface area contributed by atoms with Crippen LogP contribution in [0.3, 0.4) is 0 Å². The van der Waals surface area contributed by atoms with Gasteiger partial charge in [0.25, 0.3) is 0 Å². The molecular weight excluding hydrogens is 224 g/mol. The number of ether oxygens (including phenoxy) is 1. The van der Waals surface area contributed by atoms with Crippen molar-refractivity contribution < 1.29 is 4.74 Å². The van der Waals surface area contributed by atoms with Gasteiger partial charge in [0.05, 0.1) is 12.3 Å². The predicted molar refractivity (Wildman–Crippen MR) is 75.9 cm³/mol. The Morgan fingerprint density at radius 3 is 2.61 bits per heavy atom. The van der Waals surface area contributed by atoms with Crippen molar-refractivity contribution in [3.63, 3.8) is 0 Å². The highest BCUT2D eigenvalue weighted by atomic mass is 16.5. The fourth-order valence-electron chi connectivity index (χ4n) is 2.13. The van der Waals surface area contributed by atoms with E-state index >= 15 is 0 Å². The molecule has 0 aromatic carbocycles. The van der Waals surface area contributed by atoms with Gasteiger partial charge in [-0.1, -0.05) is 20.8 Å². The molecule has 0 fully saturated rings. The van der Waals surface area contributed by atoms with Crippen LogP contribution >= 0.6 is 0 Å². The zero-order chi connectivity index (χ0) is 13.5. The van der Waals surface area contributed by atoms with E-state index in [0.717, 1.165) is 36.2 Å². The number of hydrogen-bond donors (Lipinski definition) is 1. The van der Waals surface area contributed by atoms with Crippen LogP contribution in [0.2, 0.25) is 0 Å². The van der Waals surface area contributed by atoms with Gasteiger partial charge in [-0.3, -0.25) is 4.98 Å². The molecule has 0 bridgehead atoms. The van der Waals surface area contributed by atoms with Gasteiger partial charge in [-0.05, 0) is 44.4 Å². The lowest BCUT2D eigenvalue weighted by molar-refractivity contribution is 0.236. The normalized spacial score (nSPS) is 12.8. The molecule has 3 heteroatoms. The maximum atomic E-state index is 5.90. The lowest BCUT2D eigenvalue weighted by Crippen LogP contribution is -2.14. The molecule has 0 saturated carbocycles. The SMILES string of the molecule is CNCc1nc(C)ccc1OCC(C)CC(C)C. The van der Waals surface area contributed by atoms with Crippen LogP contribution in [0.25, 0.3) is 0 Å². The first-order chi connectivity index (χ1) is 8.52. The molecule has 0 aliphatic rings. The minimum Gasteiger partial charge on any atom is -0.491 e. The summed E-state index contributed by atoms with van der Waals surface area (Å²) in [4.78, 5) is 4.51. The van der Waals surface area contributed by atoms with E-state index in [2.05, 4.69) is 31.1 Å². The maximum Gasteiger partial charge on any atom is 0.142 e. The summed E-state index contributed by atoms with van der Waals surface area (Å²) in [6.07, 6.45) is 1.20. The van der Waals surface area contributed by atoms with Crippen molar-refractivity contribution >= 4 is 0 Å². The minimum atomic E-state index is 0.578. The summed E-state index contributed by atoms with van der Waals surface area (Å²) in [6.45, 7) is 10.2. The maximum absolute atomic E-state index is 5.90. The molecule has 3 nitrogen and oxygen atoms in total. The Hall–Kier alpha value is -1.09. The fraction of sp³-hybridized carbons (Fsp3) is 0.667. The number of pyridine rings is 1. The fourth-order valence-corrected chi connectivity index (χ4v) is 2.13. The summed E-state index contributed by atoms with van der Waals surface area (Å²) in [6, 6.07) is 4.03. The highest BCUT2D eigenvalue weighted by molar-refractivity contribution is 5.29. The molecule has 0 saturated heterocycles. The van der Waals surface area contributed by atoms with Gasteiger partial charge < -0.3 is 10.1 Å². The molecule has 1 unspecified atom stereocenters. The number of nitrogens with zero attached hydrogens (tertiary/aromatic N) is 1. The molecule has 1 aromatic heterocycles. The minimum absolute atomic E-state index is 0.578. The van der Waals surface area contributed by atoms with Gasteiger partial charge >= 0.3 is 0 Å². The summed E-state index contributed by atoms with van der Waals surface area (Å²) >= 11 is 0. The number of nitrogens with one attached hydrogen (secondary N) is 1. The van der Waals surface area contributed by atoms with Crippen LogP contribution in [0.4, 0.5) is 0 Å². The average Bonchev–Trinajstić information content (AvgIpc) is 2.27. The van der Waals surface area contributed by atoms with E-state index in [-0.39, 0.29) is 0 Å². The quantitative estimate of drug-likeness (QED) is 0.807.